The Labute approximate surface area is 248 Å². The molecule has 4 heterocycles. The summed E-state index contributed by atoms with van der Waals surface area (Å²) in [7, 11) is 0. The van der Waals surface area contributed by atoms with Gasteiger partial charge in [-0.25, -0.2) is 0 Å². The number of hydrogen-bond acceptors (Lipinski definition) is 8. The Bertz CT molecular complexity index is 968. The van der Waals surface area contributed by atoms with Crippen LogP contribution >= 0.6 is 11.6 Å². The number of hydrogen-bond donors (Lipinski definition) is 6. The summed E-state index contributed by atoms with van der Waals surface area (Å²) in [4.78, 5) is 10.0. The van der Waals surface area contributed by atoms with Crippen LogP contribution in [0.4, 0.5) is 17.6 Å². The lowest BCUT2D eigenvalue weighted by Gasteiger charge is -2.47. The third-order valence-electron chi connectivity index (χ3n) is 8.44. The lowest BCUT2D eigenvalue weighted by atomic mass is 9.79. The summed E-state index contributed by atoms with van der Waals surface area (Å²) in [6, 6.07) is 0.738. The first-order chi connectivity index (χ1) is 18.0. The minimum absolute atomic E-state index is 0.0135. The summed E-state index contributed by atoms with van der Waals surface area (Å²) >= 11 is 7.12. The van der Waals surface area contributed by atoms with Gasteiger partial charge in [0, 0.05) is 51.4 Å². The topological polar surface area (TPSA) is 98.0 Å². The molecule has 0 aromatic carbocycles. The van der Waals surface area contributed by atoms with Gasteiger partial charge in [-0.05, 0) is 122 Å². The molecule has 8 nitrogen and oxygen atoms in total. The van der Waals surface area contributed by atoms with Gasteiger partial charge in [0.15, 0.2) is 11.6 Å². The van der Waals surface area contributed by atoms with Crippen molar-refractivity contribution < 1.29 is 0 Å². The maximum absolute atomic E-state index is 7.12. The molecule has 0 amide bonds. The van der Waals surface area contributed by atoms with E-state index in [2.05, 4.69) is 115 Å². The standard InChI is InChI=1S/C31H57ClN8/c1-26(2)13-19(14-27(3,4)38-26)33-23-22(32)24(34-20-15-28(5,6)39-29(7,8)16-20)37-25(36-23)35-21-17-30(9,10)40-31(11,12)18-21/h19-21,38-40H,13-18H2,1-12H3,(H3,33,34,35,36,37). The summed E-state index contributed by atoms with van der Waals surface area (Å²) < 4.78 is 0. The van der Waals surface area contributed by atoms with Gasteiger partial charge in [0.1, 0.15) is 5.02 Å². The van der Waals surface area contributed by atoms with E-state index >= 15 is 0 Å². The highest BCUT2D eigenvalue weighted by Crippen LogP contribution is 2.37. The van der Waals surface area contributed by atoms with E-state index in [0.29, 0.717) is 22.6 Å². The number of nitrogens with one attached hydrogen (secondary N) is 6. The average Bonchev–Trinajstić information content (AvgIpc) is 2.64. The molecule has 40 heavy (non-hydrogen) atoms. The van der Waals surface area contributed by atoms with Crippen LogP contribution in [0.5, 0.6) is 0 Å². The van der Waals surface area contributed by atoms with Crippen LogP contribution in [0.2, 0.25) is 5.02 Å². The molecule has 0 aliphatic carbocycles. The van der Waals surface area contributed by atoms with Crippen molar-refractivity contribution in [3.63, 3.8) is 0 Å². The summed E-state index contributed by atoms with van der Waals surface area (Å²) in [6.07, 6.45) is 5.90. The fourth-order valence-corrected chi connectivity index (χ4v) is 8.74. The highest BCUT2D eigenvalue weighted by Gasteiger charge is 2.41. The Balaban J connectivity index is 1.65. The van der Waals surface area contributed by atoms with E-state index in [1.807, 2.05) is 0 Å². The van der Waals surface area contributed by atoms with Crippen molar-refractivity contribution in [1.82, 2.24) is 25.9 Å². The second kappa shape index (κ2) is 10.4. The first-order valence-corrected chi connectivity index (χ1v) is 15.6. The fourth-order valence-electron chi connectivity index (χ4n) is 8.55. The smallest absolute Gasteiger partial charge is 0.226 e. The van der Waals surface area contributed by atoms with E-state index in [-0.39, 0.29) is 51.4 Å². The normalized spacial score (nSPS) is 27.6. The minimum Gasteiger partial charge on any atom is -0.366 e. The predicted molar refractivity (Wildman–Crippen MR) is 171 cm³/mol. The van der Waals surface area contributed by atoms with E-state index in [0.717, 1.165) is 38.5 Å². The van der Waals surface area contributed by atoms with Crippen molar-refractivity contribution in [2.75, 3.05) is 16.0 Å². The van der Waals surface area contributed by atoms with Gasteiger partial charge in [0.2, 0.25) is 5.95 Å². The molecule has 3 fully saturated rings. The number of anilines is 3. The van der Waals surface area contributed by atoms with Gasteiger partial charge in [-0.3, -0.25) is 0 Å². The number of piperidine rings is 3. The molecule has 3 saturated heterocycles. The van der Waals surface area contributed by atoms with Gasteiger partial charge in [-0.2, -0.15) is 9.97 Å². The highest BCUT2D eigenvalue weighted by atomic mass is 35.5. The molecule has 0 radical (unpaired) electrons. The van der Waals surface area contributed by atoms with Crippen LogP contribution in [0.1, 0.15) is 122 Å². The second-order valence-corrected chi connectivity index (χ2v) is 17.4. The first kappa shape index (κ1) is 31.6. The molecule has 1 aromatic rings. The zero-order valence-corrected chi connectivity index (χ0v) is 28.0. The average molecular weight is 577 g/mol. The van der Waals surface area contributed by atoms with E-state index in [4.69, 9.17) is 21.6 Å². The van der Waals surface area contributed by atoms with Gasteiger partial charge in [0.05, 0.1) is 0 Å². The van der Waals surface area contributed by atoms with Crippen LogP contribution in [0, 0.1) is 0 Å². The van der Waals surface area contributed by atoms with Gasteiger partial charge in [0.25, 0.3) is 0 Å². The van der Waals surface area contributed by atoms with Crippen molar-refractivity contribution in [1.29, 1.82) is 0 Å². The largest absolute Gasteiger partial charge is 0.366 e. The number of halogens is 1. The molecule has 4 rings (SSSR count). The van der Waals surface area contributed by atoms with Crippen molar-refractivity contribution in [3.05, 3.63) is 5.02 Å². The SMILES string of the molecule is CC1(C)CC(Nc2nc(NC3CC(C)(C)NC(C)(C)C3)c(Cl)c(NC3CC(C)(C)NC(C)(C)C3)n2)CC(C)(C)N1. The molecule has 0 bridgehead atoms. The van der Waals surface area contributed by atoms with Gasteiger partial charge >= 0.3 is 0 Å². The Morgan fingerprint density at radius 3 is 1.02 bits per heavy atom. The molecule has 0 spiro atoms. The molecule has 0 saturated carbocycles. The molecular weight excluding hydrogens is 520 g/mol. The molecule has 0 atom stereocenters. The zero-order valence-electron chi connectivity index (χ0n) is 27.2. The van der Waals surface area contributed by atoms with Crippen LogP contribution in [0.15, 0.2) is 0 Å². The maximum atomic E-state index is 7.12. The van der Waals surface area contributed by atoms with Gasteiger partial charge in [-0.1, -0.05) is 11.6 Å². The number of rotatable bonds is 6. The first-order valence-electron chi connectivity index (χ1n) is 15.3. The molecule has 3 aliphatic rings. The van der Waals surface area contributed by atoms with Crippen molar-refractivity contribution in [2.24, 2.45) is 0 Å². The van der Waals surface area contributed by atoms with E-state index in [9.17, 15) is 0 Å². The highest BCUT2D eigenvalue weighted by molar-refractivity contribution is 6.35. The van der Waals surface area contributed by atoms with Crippen molar-refractivity contribution in [2.45, 2.75) is 173 Å². The lowest BCUT2D eigenvalue weighted by Crippen LogP contribution is -2.60. The van der Waals surface area contributed by atoms with Crippen molar-refractivity contribution >= 4 is 29.2 Å². The number of nitrogens with zero attached hydrogens (tertiary/aromatic N) is 2. The Morgan fingerprint density at radius 2 is 0.750 bits per heavy atom. The van der Waals surface area contributed by atoms with Crippen LogP contribution in [-0.4, -0.2) is 61.3 Å². The summed E-state index contributed by atoms with van der Waals surface area (Å²) in [5.74, 6) is 2.05. The molecule has 228 valence electrons. The quantitative estimate of drug-likeness (QED) is 0.235. The molecule has 0 unspecified atom stereocenters. The monoisotopic (exact) mass is 576 g/mol. The van der Waals surface area contributed by atoms with E-state index < -0.39 is 0 Å². The van der Waals surface area contributed by atoms with Crippen LogP contribution in [0.25, 0.3) is 0 Å². The van der Waals surface area contributed by atoms with Crippen LogP contribution in [0.3, 0.4) is 0 Å². The third-order valence-corrected chi connectivity index (χ3v) is 8.79. The van der Waals surface area contributed by atoms with Gasteiger partial charge < -0.3 is 31.9 Å². The summed E-state index contributed by atoms with van der Waals surface area (Å²) in [5.41, 5.74) is 0.0947. The second-order valence-electron chi connectivity index (χ2n) is 17.0. The maximum Gasteiger partial charge on any atom is 0.226 e. The molecule has 6 N–H and O–H groups in total. The minimum atomic E-state index is 0.0135. The van der Waals surface area contributed by atoms with Gasteiger partial charge in [-0.15, -0.1) is 0 Å². The lowest BCUT2D eigenvalue weighted by molar-refractivity contribution is 0.170. The van der Waals surface area contributed by atoms with Crippen molar-refractivity contribution in [3.8, 4) is 0 Å². The Kier molecular flexibility index (Phi) is 8.23. The molecular formula is C31H57ClN8. The Hall–Kier alpha value is -1.35. The molecule has 3 aliphatic heterocycles. The van der Waals surface area contributed by atoms with E-state index in [1.165, 1.54) is 0 Å². The van der Waals surface area contributed by atoms with E-state index in [1.54, 1.807) is 0 Å². The molecule has 1 aromatic heterocycles. The van der Waals surface area contributed by atoms with Crippen LogP contribution in [-0.2, 0) is 0 Å². The molecule has 9 heteroatoms. The number of aromatic nitrogens is 2. The predicted octanol–water partition coefficient (Wildman–Crippen LogP) is 6.29. The fraction of sp³-hybridized carbons (Fsp3) is 0.871. The Morgan fingerprint density at radius 1 is 0.500 bits per heavy atom. The summed E-state index contributed by atoms with van der Waals surface area (Å²) in [5, 5.41) is 23.1. The van der Waals surface area contributed by atoms with Crippen LogP contribution < -0.4 is 31.9 Å². The zero-order chi connectivity index (χ0) is 29.9. The summed E-state index contributed by atoms with van der Waals surface area (Å²) in [6.45, 7) is 27.2. The third kappa shape index (κ3) is 8.36.